The summed E-state index contributed by atoms with van der Waals surface area (Å²) in [5.74, 6) is -1.16. The number of esters is 1. The molecule has 0 unspecified atom stereocenters. The summed E-state index contributed by atoms with van der Waals surface area (Å²) in [6, 6.07) is 7.90. The Morgan fingerprint density at radius 3 is 2.56 bits per heavy atom. The van der Waals surface area contributed by atoms with Gasteiger partial charge in [-0.2, -0.15) is 4.31 Å². The number of sulfonamides is 1. The molecule has 1 aromatic heterocycles. The lowest BCUT2D eigenvalue weighted by Crippen LogP contribution is -2.47. The third-order valence-electron chi connectivity index (χ3n) is 6.89. The maximum absolute atomic E-state index is 13.7. The fourth-order valence-corrected chi connectivity index (χ4v) is 7.40. The number of fused-ring (bicyclic) bond motifs is 1. The SMILES string of the molecule is CC(C)OC(=O)CN([C@H]1CCN(c2ccc3c(c2)CCCN(C(=O)OC(C)(C)C)C3)C1=O)S(=O)(=O)C=Cc1ccc(Cl)s1. The van der Waals surface area contributed by atoms with Crippen LogP contribution in [0, 0.1) is 0 Å². The van der Waals surface area contributed by atoms with Gasteiger partial charge in [0.15, 0.2) is 0 Å². The minimum atomic E-state index is -4.19. The van der Waals surface area contributed by atoms with Gasteiger partial charge in [0.05, 0.1) is 10.4 Å². The minimum Gasteiger partial charge on any atom is -0.462 e. The van der Waals surface area contributed by atoms with Gasteiger partial charge in [-0.15, -0.1) is 11.3 Å². The molecule has 1 fully saturated rings. The molecule has 0 spiro atoms. The third-order valence-corrected chi connectivity index (χ3v) is 9.60. The Morgan fingerprint density at radius 2 is 1.91 bits per heavy atom. The smallest absolute Gasteiger partial charge is 0.410 e. The predicted molar refractivity (Wildman–Crippen MR) is 167 cm³/mol. The van der Waals surface area contributed by atoms with E-state index in [1.165, 1.54) is 17.4 Å². The number of anilines is 1. The van der Waals surface area contributed by atoms with Gasteiger partial charge < -0.3 is 19.3 Å². The average molecular weight is 652 g/mol. The zero-order valence-corrected chi connectivity index (χ0v) is 27.4. The summed E-state index contributed by atoms with van der Waals surface area (Å²) < 4.78 is 39.2. The van der Waals surface area contributed by atoms with Gasteiger partial charge in [-0.25, -0.2) is 13.2 Å². The van der Waals surface area contributed by atoms with Crippen molar-refractivity contribution in [2.75, 3.05) is 24.5 Å². The number of rotatable bonds is 8. The van der Waals surface area contributed by atoms with Gasteiger partial charge in [-0.1, -0.05) is 17.7 Å². The van der Waals surface area contributed by atoms with Gasteiger partial charge in [0.1, 0.15) is 18.2 Å². The molecular formula is C30H38ClN3O7S2. The summed E-state index contributed by atoms with van der Waals surface area (Å²) in [5.41, 5.74) is 2.03. The standard InChI is InChI=1S/C30H38ClN3O7S2/c1-20(2)40-27(35)19-34(43(38,39)16-13-24-10-11-26(31)42-24)25-12-15-33(28(25)36)23-9-8-22-18-32(14-6-7-21(22)17-23)29(37)41-30(3,4)5/h8-11,13,16-17,20,25H,6-7,12,14-15,18-19H2,1-5H3/t25-/m0/s1. The predicted octanol–water partition coefficient (Wildman–Crippen LogP) is 5.44. The van der Waals surface area contributed by atoms with E-state index in [2.05, 4.69) is 0 Å². The first-order valence-corrected chi connectivity index (χ1v) is 16.9. The number of carbonyl (C=O) groups is 3. The van der Waals surface area contributed by atoms with Gasteiger partial charge in [-0.05, 0) is 95.3 Å². The van der Waals surface area contributed by atoms with E-state index in [0.29, 0.717) is 34.4 Å². The molecule has 234 valence electrons. The van der Waals surface area contributed by atoms with Crippen LogP contribution in [0.15, 0.2) is 35.7 Å². The van der Waals surface area contributed by atoms with Crippen LogP contribution in [0.2, 0.25) is 4.34 Å². The zero-order valence-electron chi connectivity index (χ0n) is 25.0. The largest absolute Gasteiger partial charge is 0.462 e. The van der Waals surface area contributed by atoms with Crippen molar-refractivity contribution in [3.8, 4) is 0 Å². The van der Waals surface area contributed by atoms with Gasteiger partial charge in [0.2, 0.25) is 15.9 Å². The molecular weight excluding hydrogens is 614 g/mol. The summed E-state index contributed by atoms with van der Waals surface area (Å²) in [7, 11) is -4.19. The first-order chi connectivity index (χ1) is 20.1. The minimum absolute atomic E-state index is 0.204. The number of benzene rings is 1. The normalized spacial score (nSPS) is 18.0. The quantitative estimate of drug-likeness (QED) is 0.349. The number of hydrogen-bond donors (Lipinski definition) is 0. The van der Waals surface area contributed by atoms with E-state index < -0.39 is 46.2 Å². The Kier molecular flexibility index (Phi) is 10.3. The van der Waals surface area contributed by atoms with Crippen LogP contribution >= 0.6 is 22.9 Å². The van der Waals surface area contributed by atoms with E-state index >= 15 is 0 Å². The number of thiophene rings is 1. The van der Waals surface area contributed by atoms with Gasteiger partial charge in [0.25, 0.3) is 0 Å². The molecule has 43 heavy (non-hydrogen) atoms. The van der Waals surface area contributed by atoms with Crippen LogP contribution in [0.3, 0.4) is 0 Å². The maximum Gasteiger partial charge on any atom is 0.410 e. The second kappa shape index (κ2) is 13.4. The Bertz CT molecular complexity index is 1500. The summed E-state index contributed by atoms with van der Waals surface area (Å²) in [6.07, 6.45) is 2.25. The van der Waals surface area contributed by atoms with E-state index in [0.717, 1.165) is 27.3 Å². The summed E-state index contributed by atoms with van der Waals surface area (Å²) in [6.45, 7) is 9.47. The second-order valence-corrected chi connectivity index (χ2v) is 15.3. The van der Waals surface area contributed by atoms with E-state index in [1.807, 2.05) is 39.0 Å². The molecule has 10 nitrogen and oxygen atoms in total. The van der Waals surface area contributed by atoms with Crippen LogP contribution in [0.4, 0.5) is 10.5 Å². The molecule has 13 heteroatoms. The van der Waals surface area contributed by atoms with Crippen LogP contribution in [-0.4, -0.2) is 73.0 Å². The Labute approximate surface area is 262 Å². The molecule has 0 saturated carbocycles. The van der Waals surface area contributed by atoms with Crippen molar-refractivity contribution >= 4 is 62.7 Å². The van der Waals surface area contributed by atoms with Crippen LogP contribution in [0.1, 0.15) is 63.5 Å². The van der Waals surface area contributed by atoms with Gasteiger partial charge in [-0.3, -0.25) is 9.59 Å². The lowest BCUT2D eigenvalue weighted by atomic mass is 10.0. The molecule has 0 aliphatic carbocycles. The molecule has 2 amide bonds. The number of amides is 2. The second-order valence-electron chi connectivity index (χ2n) is 11.8. The van der Waals surface area contributed by atoms with E-state index in [9.17, 15) is 22.8 Å². The molecule has 2 aromatic rings. The average Bonchev–Trinajstić information content (AvgIpc) is 3.41. The van der Waals surface area contributed by atoms with Crippen molar-refractivity contribution in [2.24, 2.45) is 0 Å². The zero-order chi connectivity index (χ0) is 31.5. The highest BCUT2D eigenvalue weighted by Gasteiger charge is 2.42. The Morgan fingerprint density at radius 1 is 1.16 bits per heavy atom. The van der Waals surface area contributed by atoms with Crippen molar-refractivity contribution in [1.82, 2.24) is 9.21 Å². The highest BCUT2D eigenvalue weighted by Crippen LogP contribution is 2.31. The van der Waals surface area contributed by atoms with Crippen molar-refractivity contribution < 1.29 is 32.3 Å². The maximum atomic E-state index is 13.7. The summed E-state index contributed by atoms with van der Waals surface area (Å²) >= 11 is 7.18. The lowest BCUT2D eigenvalue weighted by Gasteiger charge is -2.27. The lowest BCUT2D eigenvalue weighted by molar-refractivity contribution is -0.148. The molecule has 4 rings (SSSR count). The van der Waals surface area contributed by atoms with E-state index in [1.54, 1.807) is 35.8 Å². The topological polar surface area (TPSA) is 114 Å². The molecule has 1 aromatic carbocycles. The highest BCUT2D eigenvalue weighted by atomic mass is 35.5. The first-order valence-electron chi connectivity index (χ1n) is 14.2. The molecule has 2 aliphatic rings. The Hall–Kier alpha value is -2.93. The first kappa shape index (κ1) is 33.0. The Balaban J connectivity index is 1.55. The summed E-state index contributed by atoms with van der Waals surface area (Å²) in [4.78, 5) is 42.9. The molecule has 1 saturated heterocycles. The third kappa shape index (κ3) is 8.59. The molecule has 2 aliphatic heterocycles. The van der Waals surface area contributed by atoms with Crippen molar-refractivity contribution in [3.63, 3.8) is 0 Å². The summed E-state index contributed by atoms with van der Waals surface area (Å²) in [5, 5.41) is 0.993. The monoisotopic (exact) mass is 651 g/mol. The van der Waals surface area contributed by atoms with Crippen molar-refractivity contribution in [2.45, 2.75) is 78.2 Å². The van der Waals surface area contributed by atoms with Crippen LogP contribution in [-0.2, 0) is 42.1 Å². The van der Waals surface area contributed by atoms with Crippen molar-refractivity contribution in [3.05, 3.63) is 56.1 Å². The van der Waals surface area contributed by atoms with Crippen molar-refractivity contribution in [1.29, 1.82) is 0 Å². The van der Waals surface area contributed by atoms with Crippen LogP contribution in [0.5, 0.6) is 0 Å². The fraction of sp³-hybridized carbons (Fsp3) is 0.500. The molecule has 0 radical (unpaired) electrons. The molecule has 0 N–H and O–H groups in total. The van der Waals surface area contributed by atoms with Gasteiger partial charge in [0, 0.05) is 35.6 Å². The highest BCUT2D eigenvalue weighted by molar-refractivity contribution is 7.92. The van der Waals surface area contributed by atoms with E-state index in [-0.39, 0.29) is 19.1 Å². The fourth-order valence-electron chi connectivity index (χ4n) is 5.04. The van der Waals surface area contributed by atoms with Crippen LogP contribution in [0.25, 0.3) is 6.08 Å². The number of nitrogens with zero attached hydrogens (tertiary/aromatic N) is 3. The number of halogens is 1. The van der Waals surface area contributed by atoms with Gasteiger partial charge >= 0.3 is 12.1 Å². The molecule has 0 bridgehead atoms. The molecule has 1 atom stereocenters. The van der Waals surface area contributed by atoms with Crippen LogP contribution < -0.4 is 4.90 Å². The molecule has 3 heterocycles. The number of aryl methyl sites for hydroxylation is 1. The number of carbonyl (C=O) groups excluding carboxylic acids is 3. The van der Waals surface area contributed by atoms with E-state index in [4.69, 9.17) is 21.1 Å². The number of ether oxygens (including phenoxy) is 2. The number of hydrogen-bond acceptors (Lipinski definition) is 8.